The maximum Gasteiger partial charge on any atom is 0.264 e. The zero-order valence-electron chi connectivity index (χ0n) is 23.3. The van der Waals surface area contributed by atoms with Gasteiger partial charge in [0.2, 0.25) is 0 Å². The predicted molar refractivity (Wildman–Crippen MR) is 152 cm³/mol. The number of aromatic nitrogens is 3. The topological polar surface area (TPSA) is 128 Å². The second kappa shape index (κ2) is 11.9. The van der Waals surface area contributed by atoms with E-state index in [9.17, 15) is 28.3 Å². The molecule has 1 amide bonds. The fourth-order valence-electron chi connectivity index (χ4n) is 5.27. The van der Waals surface area contributed by atoms with Crippen molar-refractivity contribution in [3.63, 3.8) is 0 Å². The summed E-state index contributed by atoms with van der Waals surface area (Å²) in [4.78, 5) is 21.8. The molecule has 1 unspecified atom stereocenters. The molecule has 3 aromatic heterocycles. The number of carbonyl (C=O) groups excluding carboxylic acids is 1. The number of aliphatic imine (C=N–C) groups is 1. The van der Waals surface area contributed by atoms with Crippen LogP contribution in [0.25, 0.3) is 16.9 Å². The first-order chi connectivity index (χ1) is 20.0. The van der Waals surface area contributed by atoms with Gasteiger partial charge in [-0.3, -0.25) is 14.8 Å². The molecule has 1 fully saturated rings. The van der Waals surface area contributed by atoms with E-state index in [2.05, 4.69) is 31.8 Å². The van der Waals surface area contributed by atoms with Crippen molar-refractivity contribution in [2.45, 2.75) is 69.8 Å². The lowest BCUT2D eigenvalue weighted by Gasteiger charge is -2.30. The van der Waals surface area contributed by atoms with E-state index < -0.39 is 30.1 Å². The summed E-state index contributed by atoms with van der Waals surface area (Å²) in [5.41, 5.74) is 2.13. The molecule has 2 atom stereocenters. The Morgan fingerprint density at radius 3 is 2.62 bits per heavy atom. The van der Waals surface area contributed by atoms with Crippen LogP contribution in [0.3, 0.4) is 0 Å². The number of nitrogens with zero attached hydrogens (tertiary/aromatic N) is 5. The average Bonchev–Trinajstić information content (AvgIpc) is 3.63. The van der Waals surface area contributed by atoms with Crippen LogP contribution in [0.2, 0.25) is 0 Å². The molecule has 3 N–H and O–H groups in total. The van der Waals surface area contributed by atoms with Crippen LogP contribution in [-0.2, 0) is 0 Å². The molecule has 2 aliphatic rings. The second-order valence-electron chi connectivity index (χ2n) is 11.3. The third-order valence-corrected chi connectivity index (χ3v) is 7.77. The van der Waals surface area contributed by atoms with Crippen molar-refractivity contribution in [3.8, 4) is 17.5 Å². The summed E-state index contributed by atoms with van der Waals surface area (Å²) in [5.74, 6) is -0.448. The molecule has 1 aliphatic carbocycles. The van der Waals surface area contributed by atoms with Gasteiger partial charge in [0.1, 0.15) is 18.3 Å². The van der Waals surface area contributed by atoms with Gasteiger partial charge < -0.3 is 15.7 Å². The molecule has 5 rings (SSSR count). The molecular weight excluding hydrogens is 547 g/mol. The average molecular weight is 580 g/mol. The number of fused-ring (bicyclic) bond motifs is 1. The molecule has 0 saturated heterocycles. The molecule has 1 aliphatic heterocycles. The predicted octanol–water partition coefficient (Wildman–Crippen LogP) is 4.72. The van der Waals surface area contributed by atoms with Crippen LogP contribution in [0.5, 0.6) is 0 Å². The first-order valence-corrected chi connectivity index (χ1v) is 13.9. The van der Waals surface area contributed by atoms with Gasteiger partial charge >= 0.3 is 0 Å². The lowest BCUT2D eigenvalue weighted by Crippen LogP contribution is -2.42. The van der Waals surface area contributed by atoms with Crippen LogP contribution >= 0.6 is 0 Å². The van der Waals surface area contributed by atoms with Gasteiger partial charge in [0.05, 0.1) is 52.1 Å². The van der Waals surface area contributed by atoms with Gasteiger partial charge in [-0.05, 0) is 69.9 Å². The van der Waals surface area contributed by atoms with Crippen molar-refractivity contribution in [1.29, 1.82) is 5.26 Å². The smallest absolute Gasteiger partial charge is 0.264 e. The number of hydrogen-bond acceptors (Lipinski definition) is 7. The number of rotatable bonds is 9. The number of amides is 1. The van der Waals surface area contributed by atoms with Gasteiger partial charge in [-0.2, -0.15) is 10.4 Å². The van der Waals surface area contributed by atoms with Gasteiger partial charge in [0.15, 0.2) is 0 Å². The van der Waals surface area contributed by atoms with E-state index in [4.69, 9.17) is 0 Å². The Morgan fingerprint density at radius 1 is 1.19 bits per heavy atom. The highest BCUT2D eigenvalue weighted by Gasteiger charge is 2.30. The molecule has 12 heteroatoms. The Labute approximate surface area is 241 Å². The molecule has 0 aromatic carbocycles. The lowest BCUT2D eigenvalue weighted by atomic mass is 9.83. The zero-order chi connectivity index (χ0) is 30.0. The Hall–Kier alpha value is -4.24. The molecule has 9 nitrogen and oxygen atoms in total. The fraction of sp³-hybridized carbons (Fsp3) is 0.433. The van der Waals surface area contributed by atoms with Crippen molar-refractivity contribution in [2.75, 3.05) is 11.9 Å². The normalized spacial score (nSPS) is 21.3. The summed E-state index contributed by atoms with van der Waals surface area (Å²) in [7, 11) is 0. The van der Waals surface area contributed by atoms with Crippen molar-refractivity contribution in [2.24, 2.45) is 10.9 Å². The SMILES string of the molecule is CC(C)(O)[C@H](F)CNC(=O)c1cnc(-c2ccc3cc(C#N)cnn23)cc1N[C@H]1CC[C@H](C2=NC(C(F)F)C=C2)CC1. The molecule has 0 bridgehead atoms. The first-order valence-electron chi connectivity index (χ1n) is 13.9. The number of carbonyl (C=O) groups is 1. The Kier molecular flexibility index (Phi) is 8.31. The van der Waals surface area contributed by atoms with Crippen molar-refractivity contribution in [3.05, 3.63) is 59.9 Å². The number of allylic oxidation sites excluding steroid dienone is 1. The molecule has 42 heavy (non-hydrogen) atoms. The van der Waals surface area contributed by atoms with Crippen molar-refractivity contribution < 1.29 is 23.1 Å². The summed E-state index contributed by atoms with van der Waals surface area (Å²) in [5, 5.41) is 29.5. The fourth-order valence-corrected chi connectivity index (χ4v) is 5.27. The minimum atomic E-state index is -2.51. The number of anilines is 1. The van der Waals surface area contributed by atoms with Crippen LogP contribution in [0.1, 0.15) is 55.5 Å². The number of pyridine rings is 1. The van der Waals surface area contributed by atoms with Crippen LogP contribution in [0.15, 0.2) is 53.8 Å². The summed E-state index contributed by atoms with van der Waals surface area (Å²) in [6, 6.07) is 8.07. The van der Waals surface area contributed by atoms with Gasteiger partial charge in [-0.15, -0.1) is 0 Å². The maximum atomic E-state index is 14.4. The van der Waals surface area contributed by atoms with Gasteiger partial charge in [-0.1, -0.05) is 6.08 Å². The van der Waals surface area contributed by atoms with Crippen LogP contribution in [0.4, 0.5) is 18.9 Å². The van der Waals surface area contributed by atoms with Crippen molar-refractivity contribution >= 4 is 22.8 Å². The maximum absolute atomic E-state index is 14.4. The number of nitriles is 1. The largest absolute Gasteiger partial charge is 0.387 e. The second-order valence-corrected chi connectivity index (χ2v) is 11.3. The third-order valence-electron chi connectivity index (χ3n) is 7.77. The van der Waals surface area contributed by atoms with Crippen LogP contribution in [-0.4, -0.2) is 68.2 Å². The van der Waals surface area contributed by atoms with Crippen molar-refractivity contribution in [1.82, 2.24) is 19.9 Å². The minimum Gasteiger partial charge on any atom is -0.387 e. The molecule has 3 aromatic rings. The number of aliphatic hydroxyl groups is 1. The summed E-state index contributed by atoms with van der Waals surface area (Å²) in [6.07, 6.45) is 4.80. The molecule has 0 radical (unpaired) electrons. The quantitative estimate of drug-likeness (QED) is 0.337. The molecular formula is C30H32F3N7O2. The highest BCUT2D eigenvalue weighted by molar-refractivity contribution is 6.00. The third kappa shape index (κ3) is 6.31. The molecule has 0 spiro atoms. The van der Waals surface area contributed by atoms with E-state index in [-0.39, 0.29) is 24.1 Å². The Bertz CT molecular complexity index is 1560. The summed E-state index contributed by atoms with van der Waals surface area (Å²) in [6.45, 7) is 2.29. The van der Waals surface area contributed by atoms with Crippen LogP contribution < -0.4 is 10.6 Å². The van der Waals surface area contributed by atoms with E-state index in [1.165, 1.54) is 32.3 Å². The monoisotopic (exact) mass is 579 g/mol. The number of hydrogen-bond donors (Lipinski definition) is 3. The molecule has 1 saturated carbocycles. The van der Waals surface area contributed by atoms with E-state index in [1.54, 1.807) is 22.7 Å². The van der Waals surface area contributed by atoms with E-state index >= 15 is 0 Å². The van der Waals surface area contributed by atoms with Gasteiger partial charge in [0.25, 0.3) is 12.3 Å². The summed E-state index contributed by atoms with van der Waals surface area (Å²) >= 11 is 0. The number of halogens is 3. The van der Waals surface area contributed by atoms with Gasteiger partial charge in [0, 0.05) is 23.9 Å². The molecule has 220 valence electrons. The highest BCUT2D eigenvalue weighted by Crippen LogP contribution is 2.32. The van der Waals surface area contributed by atoms with E-state index in [1.807, 2.05) is 12.1 Å². The van der Waals surface area contributed by atoms with Gasteiger partial charge in [-0.25, -0.2) is 17.7 Å². The number of alkyl halides is 3. The standard InChI is InChI=1S/C30H32F3N7O2/c1-30(2,42)27(31)16-36-29(41)21-15-35-25(26-10-7-20-11-17(13-34)14-37-40(20)26)12-24(21)38-19-5-3-18(4-6-19)22-8-9-23(39-22)28(32)33/h7-12,14-15,18-19,23,27-28,42H,3-6,16H2,1-2H3,(H,35,38)(H,36,41)/t18-,19-,23?,27-/m1/s1. The zero-order valence-corrected chi connectivity index (χ0v) is 23.3. The summed E-state index contributed by atoms with van der Waals surface area (Å²) < 4.78 is 42.1. The highest BCUT2D eigenvalue weighted by atomic mass is 19.3. The van der Waals surface area contributed by atoms with E-state index in [0.717, 1.165) is 25.7 Å². The lowest BCUT2D eigenvalue weighted by molar-refractivity contribution is -0.00177. The first kappa shape index (κ1) is 29.3. The molecule has 4 heterocycles. The van der Waals surface area contributed by atoms with E-state index in [0.29, 0.717) is 33.9 Å². The Morgan fingerprint density at radius 2 is 1.95 bits per heavy atom. The number of nitrogens with one attached hydrogen (secondary N) is 2. The Balaban J connectivity index is 1.38. The van der Waals surface area contributed by atoms with Crippen LogP contribution in [0, 0.1) is 17.2 Å². The minimum absolute atomic E-state index is 0.00871.